The van der Waals surface area contributed by atoms with E-state index in [0.717, 1.165) is 12.8 Å². The zero-order valence-electron chi connectivity index (χ0n) is 11.2. The van der Waals surface area contributed by atoms with Gasteiger partial charge in [0.2, 0.25) is 5.03 Å². The molecule has 19 heavy (non-hydrogen) atoms. The maximum Gasteiger partial charge on any atom is 0.263 e. The number of sulfonamides is 1. The van der Waals surface area contributed by atoms with Crippen LogP contribution in [0.5, 0.6) is 0 Å². The molecule has 1 aromatic rings. The largest absolute Gasteiger partial charge is 0.263 e. The lowest BCUT2D eigenvalue weighted by Crippen LogP contribution is -2.41. The van der Waals surface area contributed by atoms with Gasteiger partial charge in [0.25, 0.3) is 10.0 Å². The lowest BCUT2D eigenvalue weighted by Gasteiger charge is -2.28. The molecule has 0 spiro atoms. The Balaban J connectivity index is 3.28. The molecular weight excluding hydrogens is 356 g/mol. The van der Waals surface area contributed by atoms with Gasteiger partial charge in [-0.1, -0.05) is 19.1 Å². The van der Waals surface area contributed by atoms with Crippen molar-refractivity contribution in [3.63, 3.8) is 0 Å². The Labute approximate surface area is 127 Å². The molecule has 0 radical (unpaired) electrons. The van der Waals surface area contributed by atoms with Crippen LogP contribution in [0.2, 0.25) is 0 Å². The van der Waals surface area contributed by atoms with Gasteiger partial charge in [0.05, 0.1) is 0 Å². The van der Waals surface area contributed by atoms with E-state index in [-0.39, 0.29) is 28.1 Å². The Kier molecular flexibility index (Phi) is 6.22. The molecule has 0 aromatic carbocycles. The quantitative estimate of drug-likeness (QED) is 0.686. The van der Waals surface area contributed by atoms with Gasteiger partial charge in [0.15, 0.2) is 4.60 Å². The van der Waals surface area contributed by atoms with Crippen LogP contribution in [0.1, 0.15) is 26.7 Å². The molecular formula is C10H18BrClN4O2S. The molecule has 6 nitrogen and oxygen atoms in total. The second kappa shape index (κ2) is 7.01. The molecule has 0 unspecified atom stereocenters. The molecule has 110 valence electrons. The maximum absolute atomic E-state index is 12.7. The normalized spacial score (nSPS) is 12.6. The van der Waals surface area contributed by atoms with Crippen LogP contribution in [0.3, 0.4) is 0 Å². The first-order valence-corrected chi connectivity index (χ1v) is 8.79. The van der Waals surface area contributed by atoms with Crippen molar-refractivity contribution in [1.29, 1.82) is 0 Å². The van der Waals surface area contributed by atoms with Crippen LogP contribution in [0.4, 0.5) is 0 Å². The van der Waals surface area contributed by atoms with Crippen LogP contribution >= 0.6 is 27.5 Å². The monoisotopic (exact) mass is 372 g/mol. The Hall–Kier alpha value is -0.180. The van der Waals surface area contributed by atoms with Gasteiger partial charge in [0.1, 0.15) is 0 Å². The highest BCUT2D eigenvalue weighted by Gasteiger charge is 2.34. The zero-order valence-corrected chi connectivity index (χ0v) is 14.3. The Bertz CT molecular complexity index is 496. The first-order chi connectivity index (χ1) is 8.89. The van der Waals surface area contributed by atoms with Crippen LogP contribution in [0.25, 0.3) is 0 Å². The topological polar surface area (TPSA) is 68.1 Å². The second-order valence-electron chi connectivity index (χ2n) is 4.08. The molecule has 1 rings (SSSR count). The summed E-state index contributed by atoms with van der Waals surface area (Å²) in [5.74, 6) is 0.249. The minimum atomic E-state index is -3.66. The van der Waals surface area contributed by atoms with Crippen molar-refractivity contribution < 1.29 is 8.42 Å². The summed E-state index contributed by atoms with van der Waals surface area (Å²) < 4.78 is 28.4. The summed E-state index contributed by atoms with van der Waals surface area (Å²) in [5.41, 5.74) is 0. The fourth-order valence-corrected chi connectivity index (χ4v) is 5.08. The summed E-state index contributed by atoms with van der Waals surface area (Å²) in [6, 6.07) is -0.0782. The number of rotatable bonds is 7. The molecule has 1 heterocycles. The first-order valence-electron chi connectivity index (χ1n) is 6.03. The van der Waals surface area contributed by atoms with Gasteiger partial charge in [-0.05, 0) is 28.8 Å². The van der Waals surface area contributed by atoms with Crippen molar-refractivity contribution in [3.05, 3.63) is 4.60 Å². The van der Waals surface area contributed by atoms with Crippen molar-refractivity contribution in [2.24, 2.45) is 7.05 Å². The Morgan fingerprint density at radius 3 is 2.37 bits per heavy atom. The Morgan fingerprint density at radius 1 is 1.42 bits per heavy atom. The van der Waals surface area contributed by atoms with Gasteiger partial charge in [-0.3, -0.25) is 0 Å². The van der Waals surface area contributed by atoms with Gasteiger partial charge < -0.3 is 0 Å². The highest BCUT2D eigenvalue weighted by Crippen LogP contribution is 2.25. The van der Waals surface area contributed by atoms with Gasteiger partial charge in [-0.15, -0.1) is 16.7 Å². The van der Waals surface area contributed by atoms with E-state index in [4.69, 9.17) is 11.6 Å². The van der Waals surface area contributed by atoms with Gasteiger partial charge in [-0.25, -0.2) is 13.1 Å². The minimum absolute atomic E-state index is 0.0597. The summed E-state index contributed by atoms with van der Waals surface area (Å²) in [6.45, 7) is 4.19. The van der Waals surface area contributed by atoms with E-state index in [1.165, 1.54) is 8.99 Å². The van der Waals surface area contributed by atoms with E-state index >= 15 is 0 Å². The van der Waals surface area contributed by atoms with Gasteiger partial charge in [0, 0.05) is 25.5 Å². The van der Waals surface area contributed by atoms with Crippen molar-refractivity contribution in [2.45, 2.75) is 37.8 Å². The van der Waals surface area contributed by atoms with Gasteiger partial charge >= 0.3 is 0 Å². The number of halogens is 2. The average molecular weight is 374 g/mol. The van der Waals surface area contributed by atoms with E-state index in [1.807, 2.05) is 13.8 Å². The molecule has 9 heteroatoms. The maximum atomic E-state index is 12.7. The van der Waals surface area contributed by atoms with Gasteiger partial charge in [-0.2, -0.15) is 4.31 Å². The van der Waals surface area contributed by atoms with E-state index in [2.05, 4.69) is 26.2 Å². The SMILES string of the molecule is CCC(CC)N(CCCl)S(=O)(=O)c1c(Br)nnn1C. The van der Waals surface area contributed by atoms with Crippen LogP contribution in [0.15, 0.2) is 9.63 Å². The minimum Gasteiger partial charge on any atom is -0.235 e. The molecule has 0 fully saturated rings. The summed E-state index contributed by atoms with van der Waals surface area (Å²) in [7, 11) is -2.11. The number of hydrogen-bond donors (Lipinski definition) is 0. The molecule has 0 aliphatic carbocycles. The standard InChI is InChI=1S/C10H18BrClN4O2S/c1-4-8(5-2)16(7-6-12)19(17,18)10-9(11)13-14-15(10)3/h8H,4-7H2,1-3H3. The van der Waals surface area contributed by atoms with Crippen LogP contribution in [-0.2, 0) is 17.1 Å². The van der Waals surface area contributed by atoms with Crippen molar-refractivity contribution in [2.75, 3.05) is 12.4 Å². The second-order valence-corrected chi connectivity index (χ2v) is 7.02. The van der Waals surface area contributed by atoms with E-state index in [1.54, 1.807) is 7.05 Å². The first kappa shape index (κ1) is 16.9. The smallest absolute Gasteiger partial charge is 0.235 e. The molecule has 0 amide bonds. The number of nitrogens with zero attached hydrogens (tertiary/aromatic N) is 4. The van der Waals surface area contributed by atoms with E-state index < -0.39 is 10.0 Å². The predicted octanol–water partition coefficient (Wildman–Crippen LogP) is 2.00. The lowest BCUT2D eigenvalue weighted by molar-refractivity contribution is 0.314. The summed E-state index contributed by atoms with van der Waals surface area (Å²) in [4.78, 5) is 0. The molecule has 0 N–H and O–H groups in total. The third kappa shape index (κ3) is 3.48. The molecule has 0 atom stereocenters. The van der Waals surface area contributed by atoms with E-state index in [0.29, 0.717) is 0 Å². The van der Waals surface area contributed by atoms with Crippen LogP contribution < -0.4 is 0 Å². The molecule has 0 bridgehead atoms. The van der Waals surface area contributed by atoms with E-state index in [9.17, 15) is 8.42 Å². The Morgan fingerprint density at radius 2 is 2.00 bits per heavy atom. The molecule has 0 aliphatic rings. The van der Waals surface area contributed by atoms with Crippen LogP contribution in [0, 0.1) is 0 Å². The molecule has 0 saturated carbocycles. The predicted molar refractivity (Wildman–Crippen MR) is 77.7 cm³/mol. The molecule has 0 saturated heterocycles. The van der Waals surface area contributed by atoms with Crippen molar-refractivity contribution in [1.82, 2.24) is 19.3 Å². The summed E-state index contributed by atoms with van der Waals surface area (Å²) in [6.07, 6.45) is 1.46. The van der Waals surface area contributed by atoms with Crippen molar-refractivity contribution in [3.8, 4) is 0 Å². The molecule has 0 aliphatic heterocycles. The number of alkyl halides is 1. The third-order valence-electron chi connectivity index (χ3n) is 2.94. The third-order valence-corrected chi connectivity index (χ3v) is 5.95. The average Bonchev–Trinajstić information content (AvgIpc) is 2.69. The summed E-state index contributed by atoms with van der Waals surface area (Å²) in [5, 5.41) is 7.50. The number of hydrogen-bond acceptors (Lipinski definition) is 4. The fraction of sp³-hybridized carbons (Fsp3) is 0.800. The fourth-order valence-electron chi connectivity index (χ4n) is 1.99. The highest BCUT2D eigenvalue weighted by molar-refractivity contribution is 9.10. The summed E-state index contributed by atoms with van der Waals surface area (Å²) >= 11 is 8.88. The van der Waals surface area contributed by atoms with Crippen molar-refractivity contribution >= 4 is 37.6 Å². The highest BCUT2D eigenvalue weighted by atomic mass is 79.9. The number of aromatic nitrogens is 3. The zero-order chi connectivity index (χ0) is 14.6. The number of aryl methyl sites for hydroxylation is 1. The lowest BCUT2D eigenvalue weighted by atomic mass is 10.2. The van der Waals surface area contributed by atoms with Crippen LogP contribution in [-0.4, -0.2) is 46.2 Å². The molecule has 1 aromatic heterocycles.